The highest BCUT2D eigenvalue weighted by molar-refractivity contribution is 4.72. The second-order valence-electron chi connectivity index (χ2n) is 7.19. The van der Waals surface area contributed by atoms with Crippen LogP contribution in [0.1, 0.15) is 60.8 Å². The molecule has 0 aromatic heterocycles. The average molecular weight is 214 g/mol. The van der Waals surface area contributed by atoms with Crippen LogP contribution in [0.5, 0.6) is 0 Å². The molecule has 0 heterocycles. The fraction of sp³-hybridized carbons (Fsp3) is 1.00. The third-order valence-electron chi connectivity index (χ3n) is 2.61. The summed E-state index contributed by atoms with van der Waals surface area (Å²) in [5.74, 6) is 0.717. The summed E-state index contributed by atoms with van der Waals surface area (Å²) in [6.45, 7) is 14.8. The second kappa shape index (κ2) is 5.89. The molecule has 0 aromatic rings. The number of methoxy groups -OCH3 is 1. The molecule has 0 amide bonds. The Labute approximate surface area is 96.6 Å². The maximum atomic E-state index is 5.32. The van der Waals surface area contributed by atoms with E-state index in [2.05, 4.69) is 41.5 Å². The highest BCUT2D eigenvalue weighted by atomic mass is 16.5. The van der Waals surface area contributed by atoms with Crippen LogP contribution in [0.15, 0.2) is 0 Å². The smallest absolute Gasteiger partial charge is 0.0490 e. The minimum atomic E-state index is 0.418. The molecule has 0 fully saturated rings. The van der Waals surface area contributed by atoms with Gasteiger partial charge < -0.3 is 4.74 Å². The van der Waals surface area contributed by atoms with Crippen LogP contribution in [0.4, 0.5) is 0 Å². The van der Waals surface area contributed by atoms with Crippen molar-refractivity contribution in [3.8, 4) is 0 Å². The maximum Gasteiger partial charge on any atom is 0.0490 e. The van der Waals surface area contributed by atoms with Crippen molar-refractivity contribution in [1.82, 2.24) is 0 Å². The third-order valence-corrected chi connectivity index (χ3v) is 2.61. The van der Waals surface area contributed by atoms with Crippen molar-refractivity contribution in [3.05, 3.63) is 0 Å². The van der Waals surface area contributed by atoms with Gasteiger partial charge in [-0.1, -0.05) is 41.5 Å². The molecule has 0 aliphatic rings. The monoisotopic (exact) mass is 214 g/mol. The van der Waals surface area contributed by atoms with E-state index in [0.717, 1.165) is 6.61 Å². The number of rotatable bonds is 5. The molecule has 1 heteroatoms. The van der Waals surface area contributed by atoms with Crippen molar-refractivity contribution in [1.29, 1.82) is 0 Å². The summed E-state index contributed by atoms with van der Waals surface area (Å²) in [6.07, 6.45) is 3.84. The summed E-state index contributed by atoms with van der Waals surface area (Å²) in [7, 11) is 1.81. The highest BCUT2D eigenvalue weighted by Crippen LogP contribution is 2.31. The Balaban J connectivity index is 4.05. The van der Waals surface area contributed by atoms with Gasteiger partial charge in [0.2, 0.25) is 0 Å². The molecule has 0 radical (unpaired) electrons. The lowest BCUT2D eigenvalue weighted by atomic mass is 9.79. The summed E-state index contributed by atoms with van der Waals surface area (Å²) in [5, 5.41) is 0. The van der Waals surface area contributed by atoms with Crippen molar-refractivity contribution >= 4 is 0 Å². The van der Waals surface area contributed by atoms with Crippen LogP contribution in [-0.2, 0) is 4.74 Å². The fourth-order valence-corrected chi connectivity index (χ4v) is 1.98. The molecule has 0 spiro atoms. The molecular formula is C14H30O. The van der Waals surface area contributed by atoms with Gasteiger partial charge in [0.15, 0.2) is 0 Å². The van der Waals surface area contributed by atoms with Crippen molar-refractivity contribution in [3.63, 3.8) is 0 Å². The molecular weight excluding hydrogens is 184 g/mol. The van der Waals surface area contributed by atoms with Crippen LogP contribution in [0.3, 0.4) is 0 Å². The van der Waals surface area contributed by atoms with E-state index in [4.69, 9.17) is 4.74 Å². The van der Waals surface area contributed by atoms with Crippen molar-refractivity contribution in [2.45, 2.75) is 60.8 Å². The van der Waals surface area contributed by atoms with E-state index in [1.54, 1.807) is 0 Å². The van der Waals surface area contributed by atoms with Gasteiger partial charge in [-0.2, -0.15) is 0 Å². The molecule has 0 unspecified atom stereocenters. The van der Waals surface area contributed by atoms with E-state index in [1.807, 2.05) is 7.11 Å². The predicted molar refractivity (Wildman–Crippen MR) is 68.1 cm³/mol. The van der Waals surface area contributed by atoms with Gasteiger partial charge in [-0.05, 0) is 36.0 Å². The van der Waals surface area contributed by atoms with E-state index < -0.39 is 0 Å². The Morgan fingerprint density at radius 3 is 1.80 bits per heavy atom. The van der Waals surface area contributed by atoms with E-state index in [1.165, 1.54) is 19.3 Å². The molecule has 0 saturated carbocycles. The molecule has 0 aliphatic heterocycles. The zero-order valence-corrected chi connectivity index (χ0v) is 11.8. The summed E-state index contributed by atoms with van der Waals surface area (Å²) in [4.78, 5) is 0. The first-order valence-electron chi connectivity index (χ1n) is 6.13. The van der Waals surface area contributed by atoms with Gasteiger partial charge in [0.25, 0.3) is 0 Å². The van der Waals surface area contributed by atoms with Gasteiger partial charge in [-0.25, -0.2) is 0 Å². The van der Waals surface area contributed by atoms with Gasteiger partial charge in [-0.15, -0.1) is 0 Å². The first-order valence-corrected chi connectivity index (χ1v) is 6.13. The van der Waals surface area contributed by atoms with Crippen LogP contribution < -0.4 is 0 Å². The fourth-order valence-electron chi connectivity index (χ4n) is 1.98. The lowest BCUT2D eigenvalue weighted by Crippen LogP contribution is -2.19. The molecule has 0 aliphatic carbocycles. The normalized spacial score (nSPS) is 15.4. The molecule has 0 saturated heterocycles. The Morgan fingerprint density at radius 2 is 1.47 bits per heavy atom. The minimum Gasteiger partial charge on any atom is -0.384 e. The Morgan fingerprint density at radius 1 is 0.933 bits per heavy atom. The zero-order chi connectivity index (χ0) is 12.1. The second-order valence-corrected chi connectivity index (χ2v) is 7.19. The molecule has 0 bridgehead atoms. The van der Waals surface area contributed by atoms with E-state index >= 15 is 0 Å². The van der Waals surface area contributed by atoms with Crippen molar-refractivity contribution < 1.29 is 4.74 Å². The summed E-state index contributed by atoms with van der Waals surface area (Å²) >= 11 is 0. The van der Waals surface area contributed by atoms with E-state index in [0.29, 0.717) is 16.7 Å². The van der Waals surface area contributed by atoms with E-state index in [-0.39, 0.29) is 0 Å². The predicted octanol–water partition coefficient (Wildman–Crippen LogP) is 4.51. The lowest BCUT2D eigenvalue weighted by Gasteiger charge is -2.28. The Hall–Kier alpha value is -0.0400. The highest BCUT2D eigenvalue weighted by Gasteiger charge is 2.20. The summed E-state index contributed by atoms with van der Waals surface area (Å²) < 4.78 is 5.32. The minimum absolute atomic E-state index is 0.418. The van der Waals surface area contributed by atoms with Crippen molar-refractivity contribution in [2.75, 3.05) is 13.7 Å². The van der Waals surface area contributed by atoms with Crippen molar-refractivity contribution in [2.24, 2.45) is 16.7 Å². The van der Waals surface area contributed by atoms with Gasteiger partial charge >= 0.3 is 0 Å². The van der Waals surface area contributed by atoms with Crippen LogP contribution in [-0.4, -0.2) is 13.7 Å². The Bertz CT molecular complexity index is 159. The SMILES string of the molecule is COC[C@H](CCC(C)(C)C)CC(C)(C)C. The molecule has 0 aromatic carbocycles. The molecule has 0 rings (SSSR count). The molecule has 15 heavy (non-hydrogen) atoms. The Kier molecular flexibility index (Phi) is 5.87. The number of hydrogen-bond acceptors (Lipinski definition) is 1. The quantitative estimate of drug-likeness (QED) is 0.654. The first-order chi connectivity index (χ1) is 6.64. The molecule has 1 nitrogen and oxygen atoms in total. The third kappa shape index (κ3) is 10.2. The number of hydrogen-bond donors (Lipinski definition) is 0. The van der Waals surface area contributed by atoms with Gasteiger partial charge in [0.1, 0.15) is 0 Å². The maximum absolute atomic E-state index is 5.32. The van der Waals surface area contributed by atoms with Crippen LogP contribution in [0.25, 0.3) is 0 Å². The van der Waals surface area contributed by atoms with Gasteiger partial charge in [0, 0.05) is 13.7 Å². The number of ether oxygens (including phenoxy) is 1. The molecule has 0 N–H and O–H groups in total. The first kappa shape index (κ1) is 15.0. The van der Waals surface area contributed by atoms with Gasteiger partial charge in [0.05, 0.1) is 0 Å². The van der Waals surface area contributed by atoms with Crippen LogP contribution in [0.2, 0.25) is 0 Å². The van der Waals surface area contributed by atoms with Crippen LogP contribution in [0, 0.1) is 16.7 Å². The molecule has 92 valence electrons. The van der Waals surface area contributed by atoms with Gasteiger partial charge in [-0.3, -0.25) is 0 Å². The summed E-state index contributed by atoms with van der Waals surface area (Å²) in [6, 6.07) is 0. The lowest BCUT2D eigenvalue weighted by molar-refractivity contribution is 0.113. The topological polar surface area (TPSA) is 9.23 Å². The zero-order valence-electron chi connectivity index (χ0n) is 11.8. The molecule has 1 atom stereocenters. The van der Waals surface area contributed by atoms with Crippen LogP contribution >= 0.6 is 0 Å². The van der Waals surface area contributed by atoms with E-state index in [9.17, 15) is 0 Å². The average Bonchev–Trinajstić information content (AvgIpc) is 1.96. The summed E-state index contributed by atoms with van der Waals surface area (Å²) in [5.41, 5.74) is 0.866. The largest absolute Gasteiger partial charge is 0.384 e. The standard InChI is InChI=1S/C14H30O/c1-13(2,3)9-8-12(11-15-7)10-14(4,5)6/h12H,8-11H2,1-7H3/t12-/m1/s1.